The van der Waals surface area contributed by atoms with Crippen LogP contribution in [0.4, 0.5) is 17.1 Å². The van der Waals surface area contributed by atoms with Gasteiger partial charge in [-0.1, -0.05) is 183 Å². The first-order valence-corrected chi connectivity index (χ1v) is 24.4. The lowest BCUT2D eigenvalue weighted by Gasteiger charge is -2.44. The molecule has 330 valence electrons. The van der Waals surface area contributed by atoms with Crippen LogP contribution < -0.4 is 4.90 Å². The molecule has 68 heavy (non-hydrogen) atoms. The molecule has 0 spiro atoms. The molecule has 0 bridgehead atoms. The van der Waals surface area contributed by atoms with Gasteiger partial charge in [-0.15, -0.1) is 0 Å². The van der Waals surface area contributed by atoms with Crippen LogP contribution in [0.5, 0.6) is 0 Å². The van der Waals surface area contributed by atoms with Crippen molar-refractivity contribution < 1.29 is 0 Å². The van der Waals surface area contributed by atoms with Gasteiger partial charge in [0.1, 0.15) is 0 Å². The zero-order valence-corrected chi connectivity index (χ0v) is 40.4. The third-order valence-corrected chi connectivity index (χ3v) is 17.7. The highest BCUT2D eigenvalue weighted by atomic mass is 15.1. The quantitative estimate of drug-likeness (QED) is 0.156. The first-order valence-electron chi connectivity index (χ1n) is 24.4. The fraction of sp³-hybridized carbons (Fsp3) is 0.182. The Hall–Kier alpha value is -7.42. The highest BCUT2D eigenvalue weighted by molar-refractivity contribution is 6.29. The second-order valence-corrected chi connectivity index (χ2v) is 21.8. The van der Waals surface area contributed by atoms with E-state index in [-0.39, 0.29) is 21.7 Å². The normalized spacial score (nSPS) is 16.1. The Morgan fingerprint density at radius 1 is 0.324 bits per heavy atom. The van der Waals surface area contributed by atoms with Crippen molar-refractivity contribution in [1.29, 1.82) is 0 Å². The summed E-state index contributed by atoms with van der Waals surface area (Å²) in [4.78, 5) is 2.42. The van der Waals surface area contributed by atoms with E-state index in [9.17, 15) is 0 Å². The van der Waals surface area contributed by atoms with Crippen LogP contribution in [0.15, 0.2) is 194 Å². The topological polar surface area (TPSA) is 8.17 Å². The number of aromatic nitrogens is 1. The van der Waals surface area contributed by atoms with Gasteiger partial charge in [0.25, 0.3) is 0 Å². The van der Waals surface area contributed by atoms with Crippen molar-refractivity contribution in [2.45, 2.75) is 71.6 Å². The van der Waals surface area contributed by atoms with E-state index in [4.69, 9.17) is 0 Å². The fourth-order valence-corrected chi connectivity index (χ4v) is 12.8. The van der Waals surface area contributed by atoms with E-state index in [1.807, 2.05) is 0 Å². The maximum Gasteiger partial charge on any atom is 0.0547 e. The molecular weight excluding hydrogens is 821 g/mol. The predicted octanol–water partition coefficient (Wildman–Crippen LogP) is 18.3. The maximum atomic E-state index is 2.59. The monoisotopic (exact) mass is 876 g/mol. The minimum Gasteiger partial charge on any atom is -0.310 e. The number of hydrogen-bond donors (Lipinski definition) is 0. The lowest BCUT2D eigenvalue weighted by atomic mass is 9.59. The Morgan fingerprint density at radius 3 is 1.51 bits per heavy atom. The molecule has 11 aromatic rings. The van der Waals surface area contributed by atoms with Crippen molar-refractivity contribution in [3.8, 4) is 27.9 Å². The molecule has 2 aliphatic rings. The molecule has 0 saturated carbocycles. The van der Waals surface area contributed by atoms with Crippen molar-refractivity contribution in [2.75, 3.05) is 4.90 Å². The molecule has 13 rings (SSSR count). The Kier molecular flexibility index (Phi) is 8.44. The highest BCUT2D eigenvalue weighted by Crippen LogP contribution is 2.63. The van der Waals surface area contributed by atoms with E-state index in [0.717, 1.165) is 17.1 Å². The van der Waals surface area contributed by atoms with Crippen LogP contribution >= 0.6 is 0 Å². The SMILES string of the molecule is CC1(C)c2ccccc2-c2ccc(N(c3ccccc3)c3ccc(-c4cc5c(cc4-n4c6ccccc6c6cc7c8ccccc8c8ccccc8c7cc64)C(C)(C)C(C)(C)C5(C)C)cc3)cc21. The first kappa shape index (κ1) is 40.8. The Balaban J connectivity index is 1.05. The molecule has 2 nitrogen and oxygen atoms in total. The minimum atomic E-state index is -0.102. The molecule has 2 heteroatoms. The summed E-state index contributed by atoms with van der Waals surface area (Å²) >= 11 is 0. The van der Waals surface area contributed by atoms with Gasteiger partial charge in [-0.25, -0.2) is 0 Å². The highest BCUT2D eigenvalue weighted by Gasteiger charge is 2.57. The van der Waals surface area contributed by atoms with E-state index < -0.39 is 0 Å². The third-order valence-electron chi connectivity index (χ3n) is 17.7. The van der Waals surface area contributed by atoms with Crippen molar-refractivity contribution in [1.82, 2.24) is 4.57 Å². The standard InChI is InChI=1S/C66H56N2/c1-63(2)56-28-18-16-26-49(56)50-35-34-44(36-57(50)63)67(42-20-10-9-11-21-42)43-32-30-41(31-33-43)52-38-58-59(65(5,6)66(7,8)64(58,3)4)40-62(52)68-60-29-19-17-27-51(60)55-37-53-47-24-14-12-22-45(47)46-23-13-15-25-48(46)54(53)39-61(55)68/h9-40H,1-8H3. The van der Waals surface area contributed by atoms with Gasteiger partial charge in [0.2, 0.25) is 0 Å². The second-order valence-electron chi connectivity index (χ2n) is 21.8. The molecule has 2 aliphatic carbocycles. The van der Waals surface area contributed by atoms with E-state index >= 15 is 0 Å². The molecule has 0 atom stereocenters. The molecular formula is C66H56N2. The van der Waals surface area contributed by atoms with Crippen LogP contribution in [0, 0.1) is 5.41 Å². The van der Waals surface area contributed by atoms with Crippen molar-refractivity contribution in [2.24, 2.45) is 5.41 Å². The van der Waals surface area contributed by atoms with Gasteiger partial charge in [0, 0.05) is 38.8 Å². The number of para-hydroxylation sites is 2. The minimum absolute atomic E-state index is 0.00105. The lowest BCUT2D eigenvalue weighted by Crippen LogP contribution is -2.42. The van der Waals surface area contributed by atoms with Gasteiger partial charge in [0.15, 0.2) is 0 Å². The summed E-state index contributed by atoms with van der Waals surface area (Å²) in [5.74, 6) is 0. The summed E-state index contributed by atoms with van der Waals surface area (Å²) in [5, 5.41) is 10.3. The number of nitrogens with zero attached hydrogens (tertiary/aromatic N) is 2. The van der Waals surface area contributed by atoms with Crippen LogP contribution in [0.3, 0.4) is 0 Å². The molecule has 0 aliphatic heterocycles. The summed E-state index contributed by atoms with van der Waals surface area (Å²) in [5.41, 5.74) is 17.6. The number of benzene rings is 10. The molecule has 0 radical (unpaired) electrons. The Bertz CT molecular complexity index is 3900. The molecule has 0 amide bonds. The average molecular weight is 877 g/mol. The summed E-state index contributed by atoms with van der Waals surface area (Å²) in [6.07, 6.45) is 0. The number of hydrogen-bond acceptors (Lipinski definition) is 1. The van der Waals surface area contributed by atoms with E-state index in [0.29, 0.717) is 0 Å². The molecule has 1 aromatic heterocycles. The van der Waals surface area contributed by atoms with Gasteiger partial charge in [0.05, 0.1) is 16.7 Å². The van der Waals surface area contributed by atoms with Crippen LogP contribution in [0.25, 0.3) is 82.1 Å². The fourth-order valence-electron chi connectivity index (χ4n) is 12.8. The van der Waals surface area contributed by atoms with Crippen LogP contribution in [0.2, 0.25) is 0 Å². The van der Waals surface area contributed by atoms with Gasteiger partial charge in [-0.05, 0) is 154 Å². The largest absolute Gasteiger partial charge is 0.310 e. The van der Waals surface area contributed by atoms with Crippen molar-refractivity contribution in [3.63, 3.8) is 0 Å². The van der Waals surface area contributed by atoms with E-state index in [1.165, 1.54) is 104 Å². The molecule has 10 aromatic carbocycles. The molecule has 1 heterocycles. The van der Waals surface area contributed by atoms with Gasteiger partial charge < -0.3 is 9.47 Å². The van der Waals surface area contributed by atoms with Gasteiger partial charge >= 0.3 is 0 Å². The van der Waals surface area contributed by atoms with Gasteiger partial charge in [-0.3, -0.25) is 0 Å². The summed E-state index contributed by atoms with van der Waals surface area (Å²) in [6.45, 7) is 19.5. The number of fused-ring (bicyclic) bond motifs is 13. The van der Waals surface area contributed by atoms with Crippen LogP contribution in [0.1, 0.15) is 77.6 Å². The summed E-state index contributed by atoms with van der Waals surface area (Å²) < 4.78 is 2.59. The number of rotatable bonds is 5. The van der Waals surface area contributed by atoms with Crippen LogP contribution in [-0.4, -0.2) is 4.57 Å². The molecule has 0 saturated heterocycles. The maximum absolute atomic E-state index is 2.59. The lowest BCUT2D eigenvalue weighted by molar-refractivity contribution is 0.125. The zero-order chi connectivity index (χ0) is 46.5. The molecule has 0 N–H and O–H groups in total. The second kappa shape index (κ2) is 14.1. The summed E-state index contributed by atoms with van der Waals surface area (Å²) in [7, 11) is 0. The average Bonchev–Trinajstić information content (AvgIpc) is 3.84. The van der Waals surface area contributed by atoms with E-state index in [2.05, 4.69) is 259 Å². The third kappa shape index (κ3) is 5.40. The van der Waals surface area contributed by atoms with Crippen LogP contribution in [-0.2, 0) is 16.2 Å². The molecule has 0 unspecified atom stereocenters. The molecule has 0 fully saturated rings. The Labute approximate surface area is 400 Å². The first-order chi connectivity index (χ1) is 32.8. The van der Waals surface area contributed by atoms with Crippen molar-refractivity contribution >= 4 is 71.2 Å². The Morgan fingerprint density at radius 2 is 0.838 bits per heavy atom. The number of anilines is 3. The van der Waals surface area contributed by atoms with E-state index in [1.54, 1.807) is 0 Å². The van der Waals surface area contributed by atoms with Crippen molar-refractivity contribution in [3.05, 3.63) is 216 Å². The summed E-state index contributed by atoms with van der Waals surface area (Å²) in [6, 6.07) is 73.3. The van der Waals surface area contributed by atoms with Gasteiger partial charge in [-0.2, -0.15) is 0 Å². The zero-order valence-electron chi connectivity index (χ0n) is 40.4. The smallest absolute Gasteiger partial charge is 0.0547 e. The predicted molar refractivity (Wildman–Crippen MR) is 291 cm³/mol.